The summed E-state index contributed by atoms with van der Waals surface area (Å²) in [7, 11) is 0. The average Bonchev–Trinajstić information content (AvgIpc) is 1.82. The second-order valence-electron chi connectivity index (χ2n) is 2.35. The molecule has 1 N–H and O–H groups in total. The molecule has 0 aromatic carbocycles. The highest BCUT2D eigenvalue weighted by Crippen LogP contribution is 1.69. The summed E-state index contributed by atoms with van der Waals surface area (Å²) in [6.07, 6.45) is 0. The summed E-state index contributed by atoms with van der Waals surface area (Å²) >= 11 is 0. The number of aliphatic carboxylic acids is 1. The van der Waals surface area contributed by atoms with E-state index in [2.05, 4.69) is 4.74 Å². The number of ketones is 1. The first-order valence-corrected chi connectivity index (χ1v) is 4.04. The van der Waals surface area contributed by atoms with Gasteiger partial charge in [-0.05, 0) is 20.8 Å². The quantitative estimate of drug-likeness (QED) is 0.653. The number of carbonyl (C=O) groups is 3. The van der Waals surface area contributed by atoms with E-state index in [1.165, 1.54) is 20.8 Å². The van der Waals surface area contributed by atoms with Gasteiger partial charge in [0.25, 0.3) is 5.97 Å². The van der Waals surface area contributed by atoms with Crippen LogP contribution in [0, 0.1) is 0 Å². The molecule has 0 atom stereocenters. The van der Waals surface area contributed by atoms with Gasteiger partial charge in [0.15, 0.2) is 0 Å². The van der Waals surface area contributed by atoms with Crippen molar-refractivity contribution in [3.63, 3.8) is 0 Å². The fourth-order valence-corrected chi connectivity index (χ4v) is 0.203. The third-order valence-corrected chi connectivity index (χ3v) is 0.348. The highest BCUT2D eigenvalue weighted by Gasteiger charge is 1.81. The van der Waals surface area contributed by atoms with Crippen LogP contribution in [0.1, 0.15) is 34.6 Å². The highest BCUT2D eigenvalue weighted by atomic mass is 16.5. The molecule has 0 saturated carbocycles. The summed E-state index contributed by atoms with van der Waals surface area (Å²) in [5.41, 5.74) is 0. The van der Waals surface area contributed by atoms with Crippen molar-refractivity contribution in [1.82, 2.24) is 0 Å². The van der Waals surface area contributed by atoms with Gasteiger partial charge in [0.1, 0.15) is 5.78 Å². The third kappa shape index (κ3) is 378. The lowest BCUT2D eigenvalue weighted by Gasteiger charge is -1.89. The van der Waals surface area contributed by atoms with E-state index in [9.17, 15) is 9.59 Å². The van der Waals surface area contributed by atoms with Crippen LogP contribution in [0.4, 0.5) is 0 Å². The number of ether oxygens (including phenoxy) is 1. The lowest BCUT2D eigenvalue weighted by atomic mass is 10.6. The minimum atomic E-state index is -0.833. The molecule has 0 unspecified atom stereocenters. The predicted octanol–water partition coefficient (Wildman–Crippen LogP) is 1.26. The van der Waals surface area contributed by atoms with Crippen molar-refractivity contribution in [3.8, 4) is 0 Å². The van der Waals surface area contributed by atoms with E-state index >= 15 is 0 Å². The Morgan fingerprint density at radius 1 is 1.07 bits per heavy atom. The molecule has 84 valence electrons. The van der Waals surface area contributed by atoms with Crippen LogP contribution in [-0.2, 0) is 19.1 Å². The molecule has 0 radical (unpaired) electrons. The van der Waals surface area contributed by atoms with E-state index in [0.717, 1.165) is 6.92 Å². The molecule has 0 rings (SSSR count). The Hall–Kier alpha value is -1.39. The molecule has 0 aliphatic rings. The Balaban J connectivity index is -0.000000135. The van der Waals surface area contributed by atoms with Crippen LogP contribution in [-0.4, -0.2) is 29.4 Å². The Morgan fingerprint density at radius 3 is 1.29 bits per heavy atom. The summed E-state index contributed by atoms with van der Waals surface area (Å²) in [6.45, 7) is 7.79. The molecule has 0 aliphatic heterocycles. The average molecular weight is 206 g/mol. The number of carboxylic acids is 1. The molecule has 0 amide bonds. The van der Waals surface area contributed by atoms with E-state index in [1.807, 2.05) is 0 Å². The molecular formula is C9H18O5. The Kier molecular flexibility index (Phi) is 18.6. The SMILES string of the molecule is CC(=O)O.CC(C)=O.CCOC(C)=O. The summed E-state index contributed by atoms with van der Waals surface area (Å²) in [6, 6.07) is 0. The minimum Gasteiger partial charge on any atom is -0.481 e. The maximum atomic E-state index is 9.82. The summed E-state index contributed by atoms with van der Waals surface area (Å²) in [4.78, 5) is 28.3. The Labute approximate surface area is 84.1 Å². The second kappa shape index (κ2) is 14.2. The van der Waals surface area contributed by atoms with Crippen molar-refractivity contribution in [2.45, 2.75) is 34.6 Å². The minimum absolute atomic E-state index is 0.167. The Morgan fingerprint density at radius 2 is 1.29 bits per heavy atom. The van der Waals surface area contributed by atoms with Crippen molar-refractivity contribution < 1.29 is 24.2 Å². The first-order valence-electron chi connectivity index (χ1n) is 4.04. The number of carbonyl (C=O) groups excluding carboxylic acids is 2. The normalized spacial score (nSPS) is 6.93. The van der Waals surface area contributed by atoms with Crippen LogP contribution < -0.4 is 0 Å². The fourth-order valence-electron chi connectivity index (χ4n) is 0.203. The molecule has 5 heteroatoms. The zero-order chi connectivity index (χ0) is 12.1. The van der Waals surface area contributed by atoms with Crippen LogP contribution in [0.15, 0.2) is 0 Å². The summed E-state index contributed by atoms with van der Waals surface area (Å²) in [5, 5.41) is 7.42. The predicted molar refractivity (Wildman–Crippen MR) is 52.0 cm³/mol. The number of rotatable bonds is 1. The monoisotopic (exact) mass is 206 g/mol. The molecule has 0 saturated heterocycles. The van der Waals surface area contributed by atoms with Crippen LogP contribution in [0.2, 0.25) is 0 Å². The van der Waals surface area contributed by atoms with Crippen molar-refractivity contribution in [3.05, 3.63) is 0 Å². The molecule has 0 aromatic heterocycles. The molecule has 5 nitrogen and oxygen atoms in total. The van der Waals surface area contributed by atoms with Gasteiger partial charge in [-0.1, -0.05) is 0 Å². The standard InChI is InChI=1S/C4H8O2.C3H6O.C2H4O2/c1-3-6-4(2)5;1-3(2)4;1-2(3)4/h3H2,1-2H3;1-2H3;1H3,(H,3,4). The van der Waals surface area contributed by atoms with Gasteiger partial charge in [-0.25, -0.2) is 0 Å². The number of hydrogen-bond acceptors (Lipinski definition) is 4. The van der Waals surface area contributed by atoms with Gasteiger partial charge in [0.2, 0.25) is 0 Å². The highest BCUT2D eigenvalue weighted by molar-refractivity contribution is 5.72. The van der Waals surface area contributed by atoms with Crippen molar-refractivity contribution >= 4 is 17.7 Å². The van der Waals surface area contributed by atoms with Gasteiger partial charge in [-0.15, -0.1) is 0 Å². The van der Waals surface area contributed by atoms with Crippen molar-refractivity contribution in [2.24, 2.45) is 0 Å². The molecule has 0 spiro atoms. The zero-order valence-electron chi connectivity index (χ0n) is 9.29. The van der Waals surface area contributed by atoms with E-state index in [4.69, 9.17) is 9.90 Å². The van der Waals surface area contributed by atoms with E-state index in [-0.39, 0.29) is 11.8 Å². The number of hydrogen-bond donors (Lipinski definition) is 1. The Bertz CT molecular complexity index is 154. The van der Waals surface area contributed by atoms with Gasteiger partial charge in [0, 0.05) is 13.8 Å². The molecule has 0 aliphatic carbocycles. The lowest BCUT2D eigenvalue weighted by Crippen LogP contribution is -1.95. The van der Waals surface area contributed by atoms with E-state index < -0.39 is 5.97 Å². The van der Waals surface area contributed by atoms with E-state index in [1.54, 1.807) is 6.92 Å². The topological polar surface area (TPSA) is 80.7 Å². The first kappa shape index (κ1) is 18.4. The molecule has 0 aromatic rings. The summed E-state index contributed by atoms with van der Waals surface area (Å²) < 4.78 is 4.40. The van der Waals surface area contributed by atoms with Crippen LogP contribution in [0.3, 0.4) is 0 Å². The largest absolute Gasteiger partial charge is 0.481 e. The smallest absolute Gasteiger partial charge is 0.302 e. The van der Waals surface area contributed by atoms with Crippen molar-refractivity contribution in [2.75, 3.05) is 6.61 Å². The maximum Gasteiger partial charge on any atom is 0.302 e. The molecule has 0 bridgehead atoms. The molecular weight excluding hydrogens is 188 g/mol. The second-order valence-corrected chi connectivity index (χ2v) is 2.35. The number of Topliss-reactive ketones (excluding diaryl/α,β-unsaturated/α-hetero) is 1. The van der Waals surface area contributed by atoms with Gasteiger partial charge in [0.05, 0.1) is 6.61 Å². The molecule has 0 fully saturated rings. The maximum absolute atomic E-state index is 9.82. The van der Waals surface area contributed by atoms with Crippen LogP contribution >= 0.6 is 0 Å². The van der Waals surface area contributed by atoms with E-state index in [0.29, 0.717) is 6.61 Å². The van der Waals surface area contributed by atoms with Crippen LogP contribution in [0.25, 0.3) is 0 Å². The lowest BCUT2D eigenvalue weighted by molar-refractivity contribution is -0.140. The zero-order valence-corrected chi connectivity index (χ0v) is 9.29. The number of carboxylic acid groups (broad SMARTS) is 1. The van der Waals surface area contributed by atoms with Gasteiger partial charge < -0.3 is 14.6 Å². The molecule has 14 heavy (non-hydrogen) atoms. The number of esters is 1. The fraction of sp³-hybridized carbons (Fsp3) is 0.667. The van der Waals surface area contributed by atoms with Gasteiger partial charge in [-0.2, -0.15) is 0 Å². The molecule has 0 heterocycles. The summed E-state index contributed by atoms with van der Waals surface area (Å²) in [5.74, 6) is -0.877. The first-order chi connectivity index (χ1) is 6.23. The van der Waals surface area contributed by atoms with Crippen LogP contribution in [0.5, 0.6) is 0 Å². The van der Waals surface area contributed by atoms with Gasteiger partial charge >= 0.3 is 5.97 Å². The van der Waals surface area contributed by atoms with Gasteiger partial charge in [-0.3, -0.25) is 9.59 Å². The van der Waals surface area contributed by atoms with Crippen molar-refractivity contribution in [1.29, 1.82) is 0 Å². The third-order valence-electron chi connectivity index (χ3n) is 0.348.